The number of esters is 2. The van der Waals surface area contributed by atoms with E-state index in [2.05, 4.69) is 18.8 Å². The third-order valence-electron chi connectivity index (χ3n) is 6.60. The highest BCUT2D eigenvalue weighted by Crippen LogP contribution is 2.35. The zero-order chi connectivity index (χ0) is 25.3. The number of cyclic esters (lactones) is 1. The summed E-state index contributed by atoms with van der Waals surface area (Å²) < 4.78 is 29.6. The van der Waals surface area contributed by atoms with E-state index in [0.29, 0.717) is 43.6 Å². The molecular weight excluding hydrogens is 451 g/mol. The lowest BCUT2D eigenvalue weighted by atomic mass is 9.84. The number of ether oxygens (including phenoxy) is 3. The van der Waals surface area contributed by atoms with E-state index in [4.69, 9.17) is 14.2 Å². The van der Waals surface area contributed by atoms with E-state index in [1.54, 1.807) is 12.1 Å². The van der Waals surface area contributed by atoms with Crippen LogP contribution in [0.3, 0.4) is 0 Å². The van der Waals surface area contributed by atoms with Gasteiger partial charge in [0, 0.05) is 6.42 Å². The summed E-state index contributed by atoms with van der Waals surface area (Å²) in [4.78, 5) is 29.4. The van der Waals surface area contributed by atoms with Crippen LogP contribution in [0.15, 0.2) is 36.4 Å². The second kappa shape index (κ2) is 12.9. The summed E-state index contributed by atoms with van der Waals surface area (Å²) in [5.41, 5.74) is -0.0532. The lowest BCUT2D eigenvalue weighted by Gasteiger charge is -2.39. The SMILES string of the molecule is CCC[C@H](CCOc1ccc2cc(C(=O)OC3CCC(CCC)(CCC)OC3=O)ccc2c1)OF. The van der Waals surface area contributed by atoms with Crippen LogP contribution in [0.1, 0.15) is 88.9 Å². The fourth-order valence-electron chi connectivity index (χ4n) is 4.84. The molecule has 1 unspecified atom stereocenters. The molecule has 0 spiro atoms. The Hall–Kier alpha value is -2.67. The summed E-state index contributed by atoms with van der Waals surface area (Å²) in [7, 11) is 0. The van der Waals surface area contributed by atoms with Gasteiger partial charge in [-0.25, -0.2) is 9.59 Å². The maximum absolute atomic E-state index is 12.8. The van der Waals surface area contributed by atoms with Gasteiger partial charge in [-0.1, -0.05) is 52.2 Å². The fraction of sp³-hybridized carbons (Fsp3) is 0.571. The van der Waals surface area contributed by atoms with Crippen LogP contribution in [-0.2, 0) is 19.2 Å². The second-order valence-electron chi connectivity index (χ2n) is 9.40. The third-order valence-corrected chi connectivity index (χ3v) is 6.60. The van der Waals surface area contributed by atoms with Crippen molar-refractivity contribution in [1.82, 2.24) is 0 Å². The van der Waals surface area contributed by atoms with E-state index in [-0.39, 0.29) is 0 Å². The maximum Gasteiger partial charge on any atom is 0.348 e. The number of rotatable bonds is 13. The number of carbonyl (C=O) groups is 2. The van der Waals surface area contributed by atoms with Crippen LogP contribution >= 0.6 is 0 Å². The number of carbonyl (C=O) groups excluding carboxylic acids is 2. The smallest absolute Gasteiger partial charge is 0.348 e. The van der Waals surface area contributed by atoms with Crippen molar-refractivity contribution in [3.8, 4) is 5.75 Å². The van der Waals surface area contributed by atoms with Gasteiger partial charge in [-0.3, -0.25) is 0 Å². The van der Waals surface area contributed by atoms with Gasteiger partial charge in [0.1, 0.15) is 17.5 Å². The van der Waals surface area contributed by atoms with Crippen molar-refractivity contribution >= 4 is 22.7 Å². The van der Waals surface area contributed by atoms with Gasteiger partial charge in [0.2, 0.25) is 0 Å². The maximum atomic E-state index is 12.8. The molecule has 1 heterocycles. The Labute approximate surface area is 207 Å². The van der Waals surface area contributed by atoms with E-state index in [1.807, 2.05) is 31.2 Å². The fourth-order valence-corrected chi connectivity index (χ4v) is 4.84. The molecule has 2 aromatic rings. The van der Waals surface area contributed by atoms with Crippen molar-refractivity contribution in [2.75, 3.05) is 6.61 Å². The summed E-state index contributed by atoms with van der Waals surface area (Å²) >= 11 is 0. The summed E-state index contributed by atoms with van der Waals surface area (Å²) in [6, 6.07) is 10.8. The number of hydrogen-bond acceptors (Lipinski definition) is 6. The molecule has 2 atom stereocenters. The Morgan fingerprint density at radius 2 is 1.77 bits per heavy atom. The van der Waals surface area contributed by atoms with Crippen LogP contribution in [0.5, 0.6) is 5.75 Å². The molecule has 0 amide bonds. The average molecular weight is 489 g/mol. The van der Waals surface area contributed by atoms with Gasteiger partial charge in [-0.2, -0.15) is 4.94 Å². The third kappa shape index (κ3) is 7.17. The summed E-state index contributed by atoms with van der Waals surface area (Å²) in [6.45, 7) is 6.49. The molecule has 6 nitrogen and oxygen atoms in total. The van der Waals surface area contributed by atoms with Crippen molar-refractivity contribution in [3.63, 3.8) is 0 Å². The van der Waals surface area contributed by atoms with Crippen LogP contribution < -0.4 is 4.74 Å². The van der Waals surface area contributed by atoms with Gasteiger partial charge in [0.25, 0.3) is 0 Å². The molecule has 192 valence electrons. The van der Waals surface area contributed by atoms with Crippen molar-refractivity contribution in [3.05, 3.63) is 42.0 Å². The average Bonchev–Trinajstić information content (AvgIpc) is 2.85. The van der Waals surface area contributed by atoms with Crippen molar-refractivity contribution in [2.45, 2.75) is 96.4 Å². The van der Waals surface area contributed by atoms with Gasteiger partial charge < -0.3 is 14.2 Å². The zero-order valence-electron chi connectivity index (χ0n) is 21.0. The first-order valence-corrected chi connectivity index (χ1v) is 12.8. The Morgan fingerprint density at radius 1 is 1.06 bits per heavy atom. The molecule has 0 N–H and O–H groups in total. The van der Waals surface area contributed by atoms with Crippen LogP contribution in [-0.4, -0.2) is 36.4 Å². The Bertz CT molecular complexity index is 985. The standard InChI is InChI=1S/C28H37FO6/c1-4-7-23(35-29)13-17-32-24-11-10-20-18-22(9-8-21(20)19-24)26(30)33-25-12-16-28(14-5-2,15-6-3)34-27(25)31/h8-11,18-19,23,25H,4-7,12-17H2,1-3H3/t23-,25?/m1/s1. The Morgan fingerprint density at radius 3 is 2.43 bits per heavy atom. The van der Waals surface area contributed by atoms with Crippen molar-refractivity contribution in [1.29, 1.82) is 0 Å². The first-order chi connectivity index (χ1) is 16.9. The van der Waals surface area contributed by atoms with Crippen LogP contribution in [0, 0.1) is 0 Å². The van der Waals surface area contributed by atoms with Gasteiger partial charge in [0.05, 0.1) is 12.2 Å². The minimum absolute atomic E-state index is 0.347. The lowest BCUT2D eigenvalue weighted by Crippen LogP contribution is -2.46. The molecule has 0 aliphatic carbocycles. The molecule has 3 rings (SSSR count). The monoisotopic (exact) mass is 488 g/mol. The molecule has 7 heteroatoms. The van der Waals surface area contributed by atoms with Crippen molar-refractivity contribution in [2.24, 2.45) is 0 Å². The molecule has 0 aromatic heterocycles. The van der Waals surface area contributed by atoms with E-state index >= 15 is 0 Å². The molecule has 0 radical (unpaired) electrons. The van der Waals surface area contributed by atoms with Crippen LogP contribution in [0.4, 0.5) is 4.53 Å². The highest BCUT2D eigenvalue weighted by molar-refractivity contribution is 5.96. The summed E-state index contributed by atoms with van der Waals surface area (Å²) in [5, 5.41) is 1.74. The Balaban J connectivity index is 1.59. The summed E-state index contributed by atoms with van der Waals surface area (Å²) in [5.74, 6) is -0.330. The number of halogens is 1. The second-order valence-corrected chi connectivity index (χ2v) is 9.40. The predicted molar refractivity (Wildman–Crippen MR) is 132 cm³/mol. The molecule has 1 fully saturated rings. The first-order valence-electron chi connectivity index (χ1n) is 12.8. The lowest BCUT2D eigenvalue weighted by molar-refractivity contribution is -0.184. The minimum atomic E-state index is -0.874. The molecule has 1 saturated heterocycles. The molecule has 1 aliphatic rings. The number of hydrogen-bond donors (Lipinski definition) is 0. The highest BCUT2D eigenvalue weighted by Gasteiger charge is 2.42. The molecule has 35 heavy (non-hydrogen) atoms. The van der Waals surface area contributed by atoms with Gasteiger partial charge in [-0.15, -0.1) is 0 Å². The van der Waals surface area contributed by atoms with E-state index in [0.717, 1.165) is 42.9 Å². The predicted octanol–water partition coefficient (Wildman–Crippen LogP) is 6.88. The normalized spacial score (nSPS) is 18.2. The van der Waals surface area contributed by atoms with Crippen LogP contribution in [0.25, 0.3) is 10.8 Å². The minimum Gasteiger partial charge on any atom is -0.493 e. The largest absolute Gasteiger partial charge is 0.493 e. The molecule has 1 aliphatic heterocycles. The number of fused-ring (bicyclic) bond motifs is 1. The molecular formula is C28H37FO6. The number of benzene rings is 2. The highest BCUT2D eigenvalue weighted by atomic mass is 19.3. The topological polar surface area (TPSA) is 71.1 Å². The molecule has 0 bridgehead atoms. The van der Waals surface area contributed by atoms with Gasteiger partial charge in [-0.05, 0) is 71.7 Å². The molecule has 0 saturated carbocycles. The van der Waals surface area contributed by atoms with E-state index in [9.17, 15) is 14.1 Å². The Kier molecular flexibility index (Phi) is 9.90. The summed E-state index contributed by atoms with van der Waals surface area (Å²) in [6.07, 6.45) is 5.34. The first kappa shape index (κ1) is 26.9. The molecule has 2 aromatic carbocycles. The van der Waals surface area contributed by atoms with E-state index < -0.39 is 29.7 Å². The zero-order valence-corrected chi connectivity index (χ0v) is 21.0. The van der Waals surface area contributed by atoms with Crippen LogP contribution in [0.2, 0.25) is 0 Å². The van der Waals surface area contributed by atoms with Gasteiger partial charge >= 0.3 is 11.9 Å². The quantitative estimate of drug-likeness (QED) is 0.286. The van der Waals surface area contributed by atoms with Gasteiger partial charge in [0.15, 0.2) is 6.10 Å². The van der Waals surface area contributed by atoms with E-state index in [1.165, 1.54) is 0 Å². The van der Waals surface area contributed by atoms with Crippen molar-refractivity contribution < 1.29 is 33.3 Å².